The summed E-state index contributed by atoms with van der Waals surface area (Å²) in [5, 5.41) is 6.46. The molecule has 0 radical (unpaired) electrons. The average molecular weight is 243 g/mol. The molecule has 2 aromatic rings. The minimum absolute atomic E-state index is 0.843. The van der Waals surface area contributed by atoms with Crippen molar-refractivity contribution in [3.8, 4) is 0 Å². The van der Waals surface area contributed by atoms with Gasteiger partial charge in [0.2, 0.25) is 0 Å². The molecule has 3 N–H and O–H groups in total. The van der Waals surface area contributed by atoms with Crippen LogP contribution in [0.3, 0.4) is 0 Å². The Morgan fingerprint density at radius 2 is 2.33 bits per heavy atom. The van der Waals surface area contributed by atoms with Crippen LogP contribution >= 0.6 is 0 Å². The number of guanidine groups is 1. The van der Waals surface area contributed by atoms with Crippen molar-refractivity contribution in [2.45, 2.75) is 19.8 Å². The van der Waals surface area contributed by atoms with Crippen molar-refractivity contribution in [2.75, 3.05) is 18.4 Å². The first-order valence-electron chi connectivity index (χ1n) is 6.39. The van der Waals surface area contributed by atoms with Gasteiger partial charge >= 0.3 is 0 Å². The molecule has 5 heteroatoms. The summed E-state index contributed by atoms with van der Waals surface area (Å²) in [6.45, 7) is 3.91. The topological polar surface area (TPSA) is 65.1 Å². The summed E-state index contributed by atoms with van der Waals surface area (Å²) < 4.78 is 0. The zero-order valence-electron chi connectivity index (χ0n) is 10.5. The minimum atomic E-state index is 0.843. The molecule has 0 bridgehead atoms. The Balaban J connectivity index is 1.85. The standard InChI is InChI=1S/C13H17N5/c1-2-3-12-17-10-5-4-9(8-11(10)18-12)16-13-14-6-7-15-13/h4-5,8H,2-3,6-7H2,1H3,(H,17,18)(H2,14,15,16). The number of hydrogen-bond acceptors (Lipinski definition) is 4. The van der Waals surface area contributed by atoms with Gasteiger partial charge in [-0.25, -0.2) is 4.98 Å². The van der Waals surface area contributed by atoms with Crippen molar-refractivity contribution in [1.82, 2.24) is 15.3 Å². The summed E-state index contributed by atoms with van der Waals surface area (Å²) in [6, 6.07) is 6.13. The molecule has 0 unspecified atom stereocenters. The fourth-order valence-electron chi connectivity index (χ4n) is 2.11. The van der Waals surface area contributed by atoms with E-state index in [4.69, 9.17) is 0 Å². The molecule has 94 valence electrons. The quantitative estimate of drug-likeness (QED) is 0.771. The normalized spacial score (nSPS) is 14.6. The van der Waals surface area contributed by atoms with Crippen LogP contribution in [0.5, 0.6) is 0 Å². The van der Waals surface area contributed by atoms with Gasteiger partial charge in [0.15, 0.2) is 5.96 Å². The van der Waals surface area contributed by atoms with Gasteiger partial charge in [-0.1, -0.05) is 6.92 Å². The van der Waals surface area contributed by atoms with E-state index < -0.39 is 0 Å². The highest BCUT2D eigenvalue weighted by atomic mass is 15.2. The minimum Gasteiger partial charge on any atom is -0.354 e. The number of imidazole rings is 1. The van der Waals surface area contributed by atoms with Crippen LogP contribution in [0.4, 0.5) is 5.69 Å². The lowest BCUT2D eigenvalue weighted by molar-refractivity contribution is 0.861. The number of aliphatic imine (C=N–C) groups is 1. The van der Waals surface area contributed by atoms with Gasteiger partial charge in [0.1, 0.15) is 5.82 Å². The SMILES string of the molecule is CCCc1nc2ccc(NC3=NCCN3)cc2[nH]1. The second-order valence-corrected chi connectivity index (χ2v) is 4.45. The van der Waals surface area contributed by atoms with E-state index in [1.807, 2.05) is 12.1 Å². The van der Waals surface area contributed by atoms with E-state index in [1.165, 1.54) is 0 Å². The zero-order chi connectivity index (χ0) is 12.4. The first-order chi connectivity index (χ1) is 8.85. The molecule has 0 spiro atoms. The van der Waals surface area contributed by atoms with Crippen molar-refractivity contribution in [2.24, 2.45) is 4.99 Å². The van der Waals surface area contributed by atoms with E-state index in [9.17, 15) is 0 Å². The van der Waals surface area contributed by atoms with E-state index in [-0.39, 0.29) is 0 Å². The molecule has 2 heterocycles. The summed E-state index contributed by atoms with van der Waals surface area (Å²) in [5.41, 5.74) is 3.12. The molecule has 3 rings (SSSR count). The van der Waals surface area contributed by atoms with Gasteiger partial charge in [-0.15, -0.1) is 0 Å². The van der Waals surface area contributed by atoms with Gasteiger partial charge in [0.05, 0.1) is 17.6 Å². The van der Waals surface area contributed by atoms with E-state index in [0.29, 0.717) is 0 Å². The number of aryl methyl sites for hydroxylation is 1. The fraction of sp³-hybridized carbons (Fsp3) is 0.385. The Bertz CT molecular complexity index is 584. The molecule has 5 nitrogen and oxygen atoms in total. The van der Waals surface area contributed by atoms with E-state index in [2.05, 4.69) is 38.6 Å². The number of aromatic amines is 1. The lowest BCUT2D eigenvalue weighted by atomic mass is 10.3. The average Bonchev–Trinajstić information content (AvgIpc) is 2.98. The molecule has 1 aliphatic heterocycles. The molecule has 0 amide bonds. The second-order valence-electron chi connectivity index (χ2n) is 4.45. The molecule has 0 saturated heterocycles. The van der Waals surface area contributed by atoms with Gasteiger partial charge in [-0.05, 0) is 24.6 Å². The molecule has 1 aliphatic rings. The summed E-state index contributed by atoms with van der Waals surface area (Å²) in [5.74, 6) is 1.91. The number of anilines is 1. The maximum absolute atomic E-state index is 4.55. The van der Waals surface area contributed by atoms with Crippen LogP contribution in [0.2, 0.25) is 0 Å². The van der Waals surface area contributed by atoms with Crippen molar-refractivity contribution >= 4 is 22.7 Å². The molecular formula is C13H17N5. The van der Waals surface area contributed by atoms with Crippen molar-refractivity contribution in [3.63, 3.8) is 0 Å². The van der Waals surface area contributed by atoms with E-state index in [1.54, 1.807) is 0 Å². The predicted molar refractivity (Wildman–Crippen MR) is 74.0 cm³/mol. The molecule has 18 heavy (non-hydrogen) atoms. The molecule has 0 atom stereocenters. The first kappa shape index (κ1) is 11.1. The third kappa shape index (κ3) is 2.16. The van der Waals surface area contributed by atoms with Gasteiger partial charge < -0.3 is 15.6 Å². The maximum Gasteiger partial charge on any atom is 0.195 e. The number of hydrogen-bond donors (Lipinski definition) is 3. The number of fused-ring (bicyclic) bond motifs is 1. The number of nitrogens with zero attached hydrogens (tertiary/aromatic N) is 2. The third-order valence-corrected chi connectivity index (χ3v) is 2.95. The van der Waals surface area contributed by atoms with Crippen molar-refractivity contribution < 1.29 is 0 Å². The summed E-state index contributed by atoms with van der Waals surface area (Å²) >= 11 is 0. The van der Waals surface area contributed by atoms with Crippen LogP contribution in [0.15, 0.2) is 23.2 Å². The van der Waals surface area contributed by atoms with Crippen LogP contribution in [0.1, 0.15) is 19.2 Å². The molecule has 0 fully saturated rings. The lowest BCUT2D eigenvalue weighted by Crippen LogP contribution is -2.26. The van der Waals surface area contributed by atoms with Gasteiger partial charge in [0, 0.05) is 18.7 Å². The molecule has 0 saturated carbocycles. The molecular weight excluding hydrogens is 226 g/mol. The second kappa shape index (κ2) is 4.68. The monoisotopic (exact) mass is 243 g/mol. The lowest BCUT2D eigenvalue weighted by Gasteiger charge is -2.05. The Kier molecular flexibility index (Phi) is 2.88. The Morgan fingerprint density at radius 1 is 1.39 bits per heavy atom. The highest BCUT2D eigenvalue weighted by Gasteiger charge is 2.07. The number of benzene rings is 1. The Hall–Kier alpha value is -2.04. The number of aromatic nitrogens is 2. The molecule has 1 aromatic carbocycles. The number of rotatable bonds is 3. The first-order valence-corrected chi connectivity index (χ1v) is 6.39. The van der Waals surface area contributed by atoms with Crippen LogP contribution < -0.4 is 10.6 Å². The van der Waals surface area contributed by atoms with E-state index in [0.717, 1.165) is 54.4 Å². The van der Waals surface area contributed by atoms with Crippen LogP contribution in [-0.2, 0) is 6.42 Å². The summed E-state index contributed by atoms with van der Waals surface area (Å²) in [4.78, 5) is 12.2. The van der Waals surface area contributed by atoms with Crippen molar-refractivity contribution in [1.29, 1.82) is 0 Å². The third-order valence-electron chi connectivity index (χ3n) is 2.95. The highest BCUT2D eigenvalue weighted by molar-refractivity contribution is 5.96. The van der Waals surface area contributed by atoms with Gasteiger partial charge in [-0.2, -0.15) is 0 Å². The highest BCUT2D eigenvalue weighted by Crippen LogP contribution is 2.18. The van der Waals surface area contributed by atoms with Crippen molar-refractivity contribution in [3.05, 3.63) is 24.0 Å². The van der Waals surface area contributed by atoms with Crippen LogP contribution in [-0.4, -0.2) is 29.0 Å². The summed E-state index contributed by atoms with van der Waals surface area (Å²) in [6.07, 6.45) is 2.09. The van der Waals surface area contributed by atoms with Gasteiger partial charge in [-0.3, -0.25) is 4.99 Å². The van der Waals surface area contributed by atoms with Crippen LogP contribution in [0.25, 0.3) is 11.0 Å². The number of H-pyrrole nitrogens is 1. The van der Waals surface area contributed by atoms with Gasteiger partial charge in [0.25, 0.3) is 0 Å². The fourth-order valence-corrected chi connectivity index (χ4v) is 2.11. The maximum atomic E-state index is 4.55. The summed E-state index contributed by atoms with van der Waals surface area (Å²) in [7, 11) is 0. The largest absolute Gasteiger partial charge is 0.354 e. The predicted octanol–water partition coefficient (Wildman–Crippen LogP) is 1.89. The van der Waals surface area contributed by atoms with E-state index >= 15 is 0 Å². The Morgan fingerprint density at radius 3 is 3.11 bits per heavy atom. The zero-order valence-corrected chi connectivity index (χ0v) is 10.5. The Labute approximate surface area is 106 Å². The smallest absolute Gasteiger partial charge is 0.195 e. The molecule has 0 aliphatic carbocycles. The van der Waals surface area contributed by atoms with Crippen LogP contribution in [0, 0.1) is 0 Å². The molecule has 1 aromatic heterocycles. The number of nitrogens with one attached hydrogen (secondary N) is 3.